The van der Waals surface area contributed by atoms with Gasteiger partial charge in [-0.05, 0) is 80.6 Å². The van der Waals surface area contributed by atoms with Gasteiger partial charge in [-0.2, -0.15) is 0 Å². The molecule has 6 nitrogen and oxygen atoms in total. The van der Waals surface area contributed by atoms with E-state index in [-0.39, 0.29) is 42.9 Å². The first-order chi connectivity index (χ1) is 17.6. The van der Waals surface area contributed by atoms with Crippen molar-refractivity contribution in [2.75, 3.05) is 37.6 Å². The molecule has 0 spiro atoms. The molecule has 0 atom stereocenters. The van der Waals surface area contributed by atoms with Crippen molar-refractivity contribution in [1.82, 2.24) is 14.5 Å². The van der Waals surface area contributed by atoms with Crippen LogP contribution in [-0.4, -0.2) is 58.3 Å². The number of hydrogen-bond donors (Lipinski definition) is 1. The molecule has 214 valence electrons. The number of piperidine rings is 1. The summed E-state index contributed by atoms with van der Waals surface area (Å²) in [5.74, 6) is -0.506. The number of aromatic nitrogens is 2. The number of carbonyl (C=O) groups is 1. The van der Waals surface area contributed by atoms with E-state index in [2.05, 4.69) is 26.5 Å². The molecule has 1 N–H and O–H groups in total. The van der Waals surface area contributed by atoms with Crippen molar-refractivity contribution in [3.8, 4) is 11.3 Å². The van der Waals surface area contributed by atoms with E-state index in [1.807, 2.05) is 12.1 Å². The molecule has 3 aromatic rings. The van der Waals surface area contributed by atoms with Crippen molar-refractivity contribution in [1.29, 1.82) is 0 Å². The molecular weight excluding hydrogens is 578 g/mol. The Hall–Kier alpha value is -1.70. The summed E-state index contributed by atoms with van der Waals surface area (Å²) in [7, 11) is 0. The van der Waals surface area contributed by atoms with Crippen LogP contribution in [0.3, 0.4) is 0 Å². The number of aromatic carboxylic acids is 1. The van der Waals surface area contributed by atoms with Gasteiger partial charge in [-0.1, -0.05) is 37.3 Å². The molecule has 0 radical (unpaired) electrons. The van der Waals surface area contributed by atoms with Gasteiger partial charge in [0, 0.05) is 47.8 Å². The molecule has 3 aliphatic rings. The molecule has 1 aromatic carbocycles. The van der Waals surface area contributed by atoms with Crippen LogP contribution in [0.15, 0.2) is 30.3 Å². The SMILES string of the molecule is Cl.Cl.Cl.O=C(O)c1ccc2c(C3CCCCC3)c3n(c2n1)CCN(CCN1CCCCC1)c1cc(Cl)ccc1-3. The minimum absolute atomic E-state index is 0. The third-order valence-corrected chi connectivity index (χ3v) is 8.70. The van der Waals surface area contributed by atoms with Crippen LogP contribution < -0.4 is 4.90 Å². The number of carboxylic acid groups (broad SMARTS) is 1. The van der Waals surface area contributed by atoms with Crippen LogP contribution in [0.2, 0.25) is 5.02 Å². The Kier molecular flexibility index (Phi) is 11.2. The molecule has 1 saturated heterocycles. The Bertz CT molecular complexity index is 1290. The molecule has 2 aromatic heterocycles. The molecule has 10 heteroatoms. The summed E-state index contributed by atoms with van der Waals surface area (Å²) in [6.45, 7) is 6.02. The average Bonchev–Trinajstić information content (AvgIpc) is 3.14. The van der Waals surface area contributed by atoms with Gasteiger partial charge in [-0.3, -0.25) is 0 Å². The first-order valence-electron chi connectivity index (χ1n) is 13.6. The summed E-state index contributed by atoms with van der Waals surface area (Å²) in [5, 5.41) is 11.6. The maximum atomic E-state index is 11.8. The van der Waals surface area contributed by atoms with Crippen LogP contribution in [0.4, 0.5) is 5.69 Å². The zero-order valence-corrected chi connectivity index (χ0v) is 25.3. The Labute approximate surface area is 254 Å². The normalized spacial score (nSPS) is 17.7. The molecule has 0 unspecified atom stereocenters. The fraction of sp³-hybridized carbons (Fsp3) is 0.517. The molecule has 2 fully saturated rings. The topological polar surface area (TPSA) is 61.6 Å². The smallest absolute Gasteiger partial charge is 0.354 e. The number of rotatable bonds is 5. The second-order valence-corrected chi connectivity index (χ2v) is 11.1. The predicted octanol–water partition coefficient (Wildman–Crippen LogP) is 7.67. The predicted molar refractivity (Wildman–Crippen MR) is 167 cm³/mol. The molecule has 0 bridgehead atoms. The Balaban J connectivity index is 0.00000140. The summed E-state index contributed by atoms with van der Waals surface area (Å²) in [6.07, 6.45) is 10.1. The lowest BCUT2D eigenvalue weighted by molar-refractivity contribution is 0.0691. The molecule has 1 saturated carbocycles. The Morgan fingerprint density at radius 1 is 0.897 bits per heavy atom. The van der Waals surface area contributed by atoms with Gasteiger partial charge in [0.25, 0.3) is 0 Å². The fourth-order valence-corrected chi connectivity index (χ4v) is 6.83. The van der Waals surface area contributed by atoms with Crippen molar-refractivity contribution < 1.29 is 9.90 Å². The van der Waals surface area contributed by atoms with Crippen LogP contribution in [-0.2, 0) is 6.54 Å². The van der Waals surface area contributed by atoms with Gasteiger partial charge in [-0.15, -0.1) is 37.2 Å². The molecule has 0 amide bonds. The third-order valence-electron chi connectivity index (χ3n) is 8.46. The van der Waals surface area contributed by atoms with Crippen molar-refractivity contribution in [2.45, 2.75) is 63.8 Å². The van der Waals surface area contributed by atoms with Gasteiger partial charge in [0.15, 0.2) is 5.69 Å². The highest BCUT2D eigenvalue weighted by molar-refractivity contribution is 6.31. The first kappa shape index (κ1) is 31.8. The van der Waals surface area contributed by atoms with Crippen molar-refractivity contribution in [3.63, 3.8) is 0 Å². The number of hydrogen-bond acceptors (Lipinski definition) is 4. The zero-order chi connectivity index (χ0) is 24.6. The zero-order valence-electron chi connectivity index (χ0n) is 22.1. The highest BCUT2D eigenvalue weighted by Crippen LogP contribution is 2.47. The lowest BCUT2D eigenvalue weighted by atomic mass is 9.82. The quantitative estimate of drug-likeness (QED) is 0.319. The second kappa shape index (κ2) is 13.8. The van der Waals surface area contributed by atoms with E-state index in [9.17, 15) is 9.90 Å². The van der Waals surface area contributed by atoms with Crippen LogP contribution in [0.1, 0.15) is 73.3 Å². The molecule has 2 aliphatic heterocycles. The van der Waals surface area contributed by atoms with E-state index in [1.54, 1.807) is 6.07 Å². The summed E-state index contributed by atoms with van der Waals surface area (Å²) < 4.78 is 2.30. The lowest BCUT2D eigenvalue weighted by Gasteiger charge is -2.31. The van der Waals surface area contributed by atoms with Gasteiger partial charge in [0.2, 0.25) is 0 Å². The van der Waals surface area contributed by atoms with Crippen molar-refractivity contribution in [3.05, 3.63) is 46.6 Å². The lowest BCUT2D eigenvalue weighted by Crippen LogP contribution is -2.38. The number of nitrogens with zero attached hydrogens (tertiary/aromatic N) is 4. The van der Waals surface area contributed by atoms with Gasteiger partial charge in [0.05, 0.1) is 5.69 Å². The summed E-state index contributed by atoms with van der Waals surface area (Å²) in [4.78, 5) is 21.6. The van der Waals surface area contributed by atoms with Crippen LogP contribution in [0, 0.1) is 0 Å². The number of benzene rings is 1. The maximum Gasteiger partial charge on any atom is 0.354 e. The summed E-state index contributed by atoms with van der Waals surface area (Å²) >= 11 is 6.57. The molecule has 1 aliphatic carbocycles. The summed E-state index contributed by atoms with van der Waals surface area (Å²) in [6, 6.07) is 9.97. The molecule has 39 heavy (non-hydrogen) atoms. The molecular formula is C29H38Cl4N4O2. The number of anilines is 1. The highest BCUT2D eigenvalue weighted by atomic mass is 35.5. The van der Waals surface area contributed by atoms with E-state index in [1.165, 1.54) is 87.0 Å². The second-order valence-electron chi connectivity index (χ2n) is 10.7. The minimum Gasteiger partial charge on any atom is -0.477 e. The average molecular weight is 616 g/mol. The largest absolute Gasteiger partial charge is 0.477 e. The van der Waals surface area contributed by atoms with Crippen LogP contribution in [0.25, 0.3) is 22.3 Å². The van der Waals surface area contributed by atoms with E-state index in [4.69, 9.17) is 16.6 Å². The minimum atomic E-state index is -0.976. The number of carboxylic acids is 1. The van der Waals surface area contributed by atoms with Crippen molar-refractivity contribution >= 4 is 71.5 Å². The van der Waals surface area contributed by atoms with Gasteiger partial charge in [0.1, 0.15) is 5.65 Å². The monoisotopic (exact) mass is 614 g/mol. The number of likely N-dealkylation sites (tertiary alicyclic amines) is 1. The first-order valence-corrected chi connectivity index (χ1v) is 14.0. The van der Waals surface area contributed by atoms with Crippen molar-refractivity contribution in [2.24, 2.45) is 0 Å². The number of pyridine rings is 1. The van der Waals surface area contributed by atoms with Crippen LogP contribution >= 0.6 is 48.8 Å². The maximum absolute atomic E-state index is 11.8. The summed E-state index contributed by atoms with van der Waals surface area (Å²) in [5.41, 5.74) is 5.89. The Morgan fingerprint density at radius 3 is 2.33 bits per heavy atom. The van der Waals surface area contributed by atoms with Gasteiger partial charge in [-0.25, -0.2) is 9.78 Å². The van der Waals surface area contributed by atoms with Gasteiger partial charge >= 0.3 is 5.97 Å². The number of fused-ring (bicyclic) bond motifs is 5. The van der Waals surface area contributed by atoms with Gasteiger partial charge < -0.3 is 19.5 Å². The van der Waals surface area contributed by atoms with E-state index >= 15 is 0 Å². The molecule has 6 rings (SSSR count). The third kappa shape index (κ3) is 6.31. The van der Waals surface area contributed by atoms with E-state index < -0.39 is 5.97 Å². The van der Waals surface area contributed by atoms with Crippen LogP contribution in [0.5, 0.6) is 0 Å². The van der Waals surface area contributed by atoms with E-state index in [0.29, 0.717) is 5.92 Å². The van der Waals surface area contributed by atoms with E-state index in [0.717, 1.165) is 42.2 Å². The standard InChI is InChI=1S/C29H35ClN4O2.3ClH/c30-21-9-10-22-25(19-21)33(16-15-32-13-5-2-6-14-32)17-18-34-27(22)26(20-7-3-1-4-8-20)23-11-12-24(29(35)36)31-28(23)34;;;/h9-12,19-20H,1-8,13-18H2,(H,35,36);3*1H. The molecule has 4 heterocycles. The Morgan fingerprint density at radius 2 is 1.62 bits per heavy atom. The number of halogens is 4. The highest BCUT2D eigenvalue weighted by Gasteiger charge is 2.31. The fourth-order valence-electron chi connectivity index (χ4n) is 6.66.